The van der Waals surface area contributed by atoms with Crippen LogP contribution in [0.4, 0.5) is 0 Å². The molecule has 17 heavy (non-hydrogen) atoms. The fourth-order valence-electron chi connectivity index (χ4n) is 3.33. The molecule has 1 aliphatic carbocycles. The van der Waals surface area contributed by atoms with Gasteiger partial charge in [0.25, 0.3) is 0 Å². The molecule has 0 amide bonds. The van der Waals surface area contributed by atoms with E-state index in [1.807, 2.05) is 0 Å². The van der Waals surface area contributed by atoms with Gasteiger partial charge in [0.15, 0.2) is 0 Å². The Hall–Kier alpha value is -0.0800. The molecule has 1 saturated carbocycles. The molecule has 2 fully saturated rings. The second-order valence-electron chi connectivity index (χ2n) is 7.19. The molecule has 100 valence electrons. The van der Waals surface area contributed by atoms with Gasteiger partial charge in [-0.2, -0.15) is 0 Å². The van der Waals surface area contributed by atoms with Crippen LogP contribution >= 0.6 is 0 Å². The molecule has 1 aliphatic heterocycles. The number of hydrogen-bond acceptors (Lipinski definition) is 2. The van der Waals surface area contributed by atoms with Crippen LogP contribution in [-0.2, 0) is 4.74 Å². The molecule has 2 nitrogen and oxygen atoms in total. The van der Waals surface area contributed by atoms with Crippen molar-refractivity contribution in [1.82, 2.24) is 5.32 Å². The van der Waals surface area contributed by atoms with Crippen LogP contribution in [0.5, 0.6) is 0 Å². The van der Waals surface area contributed by atoms with Gasteiger partial charge in [-0.05, 0) is 24.2 Å². The van der Waals surface area contributed by atoms with E-state index < -0.39 is 0 Å². The summed E-state index contributed by atoms with van der Waals surface area (Å²) in [6.45, 7) is 9.01. The van der Waals surface area contributed by atoms with Gasteiger partial charge in [0.1, 0.15) is 0 Å². The highest BCUT2D eigenvalue weighted by Crippen LogP contribution is 2.31. The zero-order valence-corrected chi connectivity index (χ0v) is 11.8. The van der Waals surface area contributed by atoms with E-state index in [9.17, 15) is 0 Å². The first-order valence-electron chi connectivity index (χ1n) is 7.39. The molecule has 1 saturated heterocycles. The lowest BCUT2D eigenvalue weighted by molar-refractivity contribution is -0.0621. The van der Waals surface area contributed by atoms with Crippen molar-refractivity contribution in [2.24, 2.45) is 11.3 Å². The maximum Gasteiger partial charge on any atom is 0.0708 e. The minimum absolute atomic E-state index is 0.377. The van der Waals surface area contributed by atoms with Crippen LogP contribution in [0.15, 0.2) is 0 Å². The molecular weight excluding hydrogens is 210 g/mol. The number of hydrogen-bond donors (Lipinski definition) is 1. The predicted molar refractivity (Wildman–Crippen MR) is 72.2 cm³/mol. The molecule has 2 atom stereocenters. The SMILES string of the molecule is CC(C)(C)CC1CNCC(CC2CCCC2)O1. The Kier molecular flexibility index (Phi) is 4.48. The van der Waals surface area contributed by atoms with Gasteiger partial charge in [-0.1, -0.05) is 46.5 Å². The second-order valence-corrected chi connectivity index (χ2v) is 7.19. The molecule has 0 bridgehead atoms. The third kappa shape index (κ3) is 4.59. The standard InChI is InChI=1S/C15H29NO/c1-15(2,3)9-14-11-16-10-13(17-14)8-12-6-4-5-7-12/h12-14,16H,4-11H2,1-3H3. The normalized spacial score (nSPS) is 31.9. The fraction of sp³-hybridized carbons (Fsp3) is 1.00. The average Bonchev–Trinajstić information content (AvgIpc) is 2.68. The predicted octanol–water partition coefficient (Wildman–Crippen LogP) is 3.36. The summed E-state index contributed by atoms with van der Waals surface area (Å²) in [5, 5.41) is 3.56. The molecule has 2 heteroatoms. The zero-order chi connectivity index (χ0) is 12.3. The Labute approximate surface area is 107 Å². The lowest BCUT2D eigenvalue weighted by Gasteiger charge is -2.35. The molecule has 0 aromatic rings. The molecule has 1 N–H and O–H groups in total. The largest absolute Gasteiger partial charge is 0.372 e. The maximum atomic E-state index is 6.26. The van der Waals surface area contributed by atoms with Gasteiger partial charge in [0.2, 0.25) is 0 Å². The molecule has 0 aromatic carbocycles. The summed E-state index contributed by atoms with van der Waals surface area (Å²) in [4.78, 5) is 0. The summed E-state index contributed by atoms with van der Waals surface area (Å²) in [7, 11) is 0. The molecule has 2 rings (SSSR count). The lowest BCUT2D eigenvalue weighted by Crippen LogP contribution is -2.46. The van der Waals surface area contributed by atoms with E-state index in [-0.39, 0.29) is 0 Å². The highest BCUT2D eigenvalue weighted by atomic mass is 16.5. The Morgan fingerprint density at radius 3 is 2.35 bits per heavy atom. The molecule has 2 unspecified atom stereocenters. The first-order valence-corrected chi connectivity index (χ1v) is 7.39. The van der Waals surface area contributed by atoms with E-state index in [0.717, 1.165) is 19.0 Å². The number of rotatable bonds is 3. The minimum Gasteiger partial charge on any atom is -0.372 e. The molecular formula is C15H29NO. The third-order valence-corrected chi connectivity index (χ3v) is 4.04. The van der Waals surface area contributed by atoms with Crippen molar-refractivity contribution in [3.8, 4) is 0 Å². The van der Waals surface area contributed by atoms with Crippen molar-refractivity contribution in [3.63, 3.8) is 0 Å². The van der Waals surface area contributed by atoms with Crippen LogP contribution in [0.3, 0.4) is 0 Å². The van der Waals surface area contributed by atoms with E-state index in [1.54, 1.807) is 0 Å². The van der Waals surface area contributed by atoms with Crippen molar-refractivity contribution in [2.75, 3.05) is 13.1 Å². The summed E-state index contributed by atoms with van der Waals surface area (Å²) in [6, 6.07) is 0. The van der Waals surface area contributed by atoms with Gasteiger partial charge in [0, 0.05) is 13.1 Å². The summed E-state index contributed by atoms with van der Waals surface area (Å²) < 4.78 is 6.26. The molecule has 0 aromatic heterocycles. The molecule has 1 heterocycles. The minimum atomic E-state index is 0.377. The van der Waals surface area contributed by atoms with Gasteiger partial charge in [0.05, 0.1) is 12.2 Å². The number of nitrogens with one attached hydrogen (secondary N) is 1. The molecule has 0 spiro atoms. The Morgan fingerprint density at radius 1 is 1.06 bits per heavy atom. The Balaban J connectivity index is 1.76. The van der Waals surface area contributed by atoms with Crippen molar-refractivity contribution in [1.29, 1.82) is 0 Å². The monoisotopic (exact) mass is 239 g/mol. The average molecular weight is 239 g/mol. The topological polar surface area (TPSA) is 21.3 Å². The van der Waals surface area contributed by atoms with Crippen molar-refractivity contribution in [2.45, 2.75) is 71.5 Å². The summed E-state index contributed by atoms with van der Waals surface area (Å²) >= 11 is 0. The van der Waals surface area contributed by atoms with Crippen molar-refractivity contribution >= 4 is 0 Å². The first-order chi connectivity index (χ1) is 8.03. The Bertz CT molecular complexity index is 228. The highest BCUT2D eigenvalue weighted by molar-refractivity contribution is 4.81. The van der Waals surface area contributed by atoms with Crippen LogP contribution in [0.25, 0.3) is 0 Å². The van der Waals surface area contributed by atoms with E-state index in [4.69, 9.17) is 4.74 Å². The molecule has 0 radical (unpaired) electrons. The summed E-state index contributed by atoms with van der Waals surface area (Å²) in [6.07, 6.45) is 9.10. The lowest BCUT2D eigenvalue weighted by atomic mass is 9.88. The van der Waals surface area contributed by atoms with Crippen LogP contribution < -0.4 is 5.32 Å². The first kappa shape index (κ1) is 13.4. The Morgan fingerprint density at radius 2 is 1.71 bits per heavy atom. The van der Waals surface area contributed by atoms with Gasteiger partial charge in [-0.3, -0.25) is 0 Å². The van der Waals surface area contributed by atoms with Gasteiger partial charge in [-0.15, -0.1) is 0 Å². The summed E-state index contributed by atoms with van der Waals surface area (Å²) in [5.74, 6) is 0.940. The van der Waals surface area contributed by atoms with E-state index in [1.165, 1.54) is 38.5 Å². The van der Waals surface area contributed by atoms with Crippen molar-refractivity contribution < 1.29 is 4.74 Å². The van der Waals surface area contributed by atoms with Gasteiger partial charge in [-0.25, -0.2) is 0 Å². The molecule has 2 aliphatic rings. The smallest absolute Gasteiger partial charge is 0.0708 e. The number of morpholine rings is 1. The quantitative estimate of drug-likeness (QED) is 0.815. The van der Waals surface area contributed by atoms with Crippen LogP contribution in [0.2, 0.25) is 0 Å². The maximum absolute atomic E-state index is 6.26. The van der Waals surface area contributed by atoms with Gasteiger partial charge >= 0.3 is 0 Å². The van der Waals surface area contributed by atoms with Crippen LogP contribution in [0, 0.1) is 11.3 Å². The van der Waals surface area contributed by atoms with Crippen molar-refractivity contribution in [3.05, 3.63) is 0 Å². The summed E-state index contributed by atoms with van der Waals surface area (Å²) in [5.41, 5.74) is 0.377. The fourth-order valence-corrected chi connectivity index (χ4v) is 3.33. The zero-order valence-electron chi connectivity index (χ0n) is 11.8. The van der Waals surface area contributed by atoms with Crippen LogP contribution in [0.1, 0.15) is 59.3 Å². The van der Waals surface area contributed by atoms with E-state index >= 15 is 0 Å². The van der Waals surface area contributed by atoms with E-state index in [2.05, 4.69) is 26.1 Å². The number of ether oxygens (including phenoxy) is 1. The highest BCUT2D eigenvalue weighted by Gasteiger charge is 2.28. The van der Waals surface area contributed by atoms with Crippen LogP contribution in [-0.4, -0.2) is 25.3 Å². The van der Waals surface area contributed by atoms with Gasteiger partial charge < -0.3 is 10.1 Å². The third-order valence-electron chi connectivity index (χ3n) is 4.04. The van der Waals surface area contributed by atoms with E-state index in [0.29, 0.717) is 17.6 Å². The second kappa shape index (κ2) is 5.71.